The van der Waals surface area contributed by atoms with Gasteiger partial charge in [-0.25, -0.2) is 9.78 Å². The molecule has 0 radical (unpaired) electrons. The van der Waals surface area contributed by atoms with E-state index in [-0.39, 0.29) is 16.8 Å². The van der Waals surface area contributed by atoms with E-state index in [0.717, 1.165) is 23.8 Å². The van der Waals surface area contributed by atoms with Crippen molar-refractivity contribution in [3.05, 3.63) is 27.2 Å². The molecule has 0 aliphatic heterocycles. The lowest BCUT2D eigenvalue weighted by Crippen LogP contribution is -2.37. The van der Waals surface area contributed by atoms with Crippen molar-refractivity contribution in [1.29, 1.82) is 0 Å². The molecule has 104 valence electrons. The van der Waals surface area contributed by atoms with Crippen LogP contribution in [0, 0.1) is 0 Å². The van der Waals surface area contributed by atoms with Crippen molar-refractivity contribution < 1.29 is 0 Å². The predicted octanol–water partition coefficient (Wildman–Crippen LogP) is 1.36. The van der Waals surface area contributed by atoms with Crippen LogP contribution in [-0.4, -0.2) is 18.7 Å². The lowest BCUT2D eigenvalue weighted by molar-refractivity contribution is 0.585. The molecular weight excluding hydrogens is 268 g/mol. The Bertz CT molecular complexity index is 713. The van der Waals surface area contributed by atoms with Crippen molar-refractivity contribution in [2.24, 2.45) is 14.1 Å². The second kappa shape index (κ2) is 5.21. The van der Waals surface area contributed by atoms with E-state index in [9.17, 15) is 9.59 Å². The molecule has 2 heterocycles. The summed E-state index contributed by atoms with van der Waals surface area (Å²) in [5.74, 6) is 0. The lowest BCUT2D eigenvalue weighted by Gasteiger charge is -2.12. The highest BCUT2D eigenvalue weighted by Crippen LogP contribution is 2.22. The molecule has 0 spiro atoms. The van der Waals surface area contributed by atoms with Gasteiger partial charge in [0.1, 0.15) is 5.50 Å². The molecule has 0 bridgehead atoms. The van der Waals surface area contributed by atoms with Crippen molar-refractivity contribution in [1.82, 2.24) is 18.7 Å². The minimum Gasteiger partial charge on any atom is -0.307 e. The summed E-state index contributed by atoms with van der Waals surface area (Å²) in [5.41, 5.74) is -0.328. The molecule has 0 aromatic carbocycles. The number of nitrogens with zero attached hydrogens (tertiary/aromatic N) is 4. The van der Waals surface area contributed by atoms with Crippen molar-refractivity contribution >= 4 is 22.8 Å². The molecule has 1 unspecified atom stereocenters. The second-order valence-corrected chi connectivity index (χ2v) is 5.11. The maximum Gasteiger partial charge on any atom is 0.332 e. The van der Waals surface area contributed by atoms with Gasteiger partial charge in [-0.1, -0.05) is 31.4 Å². The van der Waals surface area contributed by atoms with Gasteiger partial charge in [-0.2, -0.15) is 0 Å². The number of hydrogen-bond acceptors (Lipinski definition) is 3. The molecular formula is C12H17ClN4O2. The van der Waals surface area contributed by atoms with Crippen molar-refractivity contribution in [3.63, 3.8) is 0 Å². The fraction of sp³-hybridized carbons (Fsp3) is 0.583. The first-order valence-corrected chi connectivity index (χ1v) is 6.69. The average molecular weight is 285 g/mol. The third-order valence-corrected chi connectivity index (χ3v) is 3.70. The number of rotatable bonds is 4. The predicted molar refractivity (Wildman–Crippen MR) is 74.6 cm³/mol. The number of alkyl halides is 1. The Morgan fingerprint density at radius 2 is 2.00 bits per heavy atom. The van der Waals surface area contributed by atoms with Crippen LogP contribution in [0.15, 0.2) is 15.9 Å². The quantitative estimate of drug-likeness (QED) is 0.797. The van der Waals surface area contributed by atoms with Crippen LogP contribution in [0.4, 0.5) is 0 Å². The van der Waals surface area contributed by atoms with Crippen molar-refractivity contribution in [2.75, 3.05) is 0 Å². The molecule has 0 saturated carbocycles. The molecule has 0 fully saturated rings. The number of aryl methyl sites for hydroxylation is 1. The van der Waals surface area contributed by atoms with Crippen LogP contribution < -0.4 is 11.2 Å². The van der Waals surface area contributed by atoms with Gasteiger partial charge in [0.15, 0.2) is 11.2 Å². The van der Waals surface area contributed by atoms with E-state index in [4.69, 9.17) is 11.6 Å². The Hall–Kier alpha value is -1.56. The van der Waals surface area contributed by atoms with Crippen molar-refractivity contribution in [2.45, 2.75) is 31.7 Å². The van der Waals surface area contributed by atoms with Gasteiger partial charge in [0.25, 0.3) is 5.56 Å². The summed E-state index contributed by atoms with van der Waals surface area (Å²) >= 11 is 6.31. The number of hydrogen-bond donors (Lipinski definition) is 0. The number of unbranched alkanes of at least 4 members (excludes halogenated alkanes) is 1. The minimum atomic E-state index is -0.387. The Balaban J connectivity index is 2.66. The Morgan fingerprint density at radius 1 is 1.32 bits per heavy atom. The standard InChI is InChI=1S/C12H17ClN4O2/c1-4-5-6-8(13)17-7-14-10-9(17)11(18)16(3)12(19)15(10)2/h7-8H,4-6H2,1-3H3. The third-order valence-electron chi connectivity index (χ3n) is 3.27. The van der Waals surface area contributed by atoms with Gasteiger partial charge < -0.3 is 4.57 Å². The van der Waals surface area contributed by atoms with Gasteiger partial charge in [0.05, 0.1) is 6.33 Å². The first-order chi connectivity index (χ1) is 8.99. The molecule has 6 nitrogen and oxygen atoms in total. The zero-order valence-corrected chi connectivity index (χ0v) is 12.0. The number of aromatic nitrogens is 4. The van der Waals surface area contributed by atoms with Gasteiger partial charge in [0.2, 0.25) is 0 Å². The van der Waals surface area contributed by atoms with Gasteiger partial charge in [0, 0.05) is 14.1 Å². The van der Waals surface area contributed by atoms with E-state index >= 15 is 0 Å². The van der Waals surface area contributed by atoms with Crippen LogP contribution in [0.3, 0.4) is 0 Å². The van der Waals surface area contributed by atoms with Gasteiger partial charge in [-0.3, -0.25) is 13.9 Å². The summed E-state index contributed by atoms with van der Waals surface area (Å²) in [5, 5.41) is 0. The maximum absolute atomic E-state index is 12.2. The van der Waals surface area contributed by atoms with Crippen LogP contribution >= 0.6 is 11.6 Å². The summed E-state index contributed by atoms with van der Waals surface area (Å²) in [4.78, 5) is 28.1. The number of imidazole rings is 1. The zero-order valence-electron chi connectivity index (χ0n) is 11.3. The van der Waals surface area contributed by atoms with Gasteiger partial charge in [-0.15, -0.1) is 0 Å². The highest BCUT2D eigenvalue weighted by Gasteiger charge is 2.17. The molecule has 1 atom stereocenters. The van der Waals surface area contributed by atoms with Crippen molar-refractivity contribution in [3.8, 4) is 0 Å². The van der Waals surface area contributed by atoms with Gasteiger partial charge in [-0.05, 0) is 6.42 Å². The maximum atomic E-state index is 12.2. The Labute approximate surface area is 115 Å². The van der Waals surface area contributed by atoms with E-state index in [2.05, 4.69) is 11.9 Å². The molecule has 0 amide bonds. The molecule has 2 aromatic rings. The monoisotopic (exact) mass is 284 g/mol. The lowest BCUT2D eigenvalue weighted by atomic mass is 10.2. The molecule has 2 aromatic heterocycles. The van der Waals surface area contributed by atoms with Crippen LogP contribution in [0.2, 0.25) is 0 Å². The molecule has 0 aliphatic carbocycles. The van der Waals surface area contributed by atoms with Crippen LogP contribution in [0.1, 0.15) is 31.7 Å². The molecule has 19 heavy (non-hydrogen) atoms. The molecule has 0 saturated heterocycles. The Kier molecular flexibility index (Phi) is 3.80. The summed E-state index contributed by atoms with van der Waals surface area (Å²) in [6.45, 7) is 2.08. The van der Waals surface area contributed by atoms with E-state index in [1.54, 1.807) is 11.6 Å². The third kappa shape index (κ3) is 2.20. The van der Waals surface area contributed by atoms with E-state index in [1.807, 2.05) is 0 Å². The van der Waals surface area contributed by atoms with E-state index in [0.29, 0.717) is 11.2 Å². The summed E-state index contributed by atoms with van der Waals surface area (Å²) < 4.78 is 4.08. The van der Waals surface area contributed by atoms with Crippen LogP contribution in [-0.2, 0) is 14.1 Å². The van der Waals surface area contributed by atoms with Crippen LogP contribution in [0.25, 0.3) is 11.2 Å². The Morgan fingerprint density at radius 3 is 2.63 bits per heavy atom. The average Bonchev–Trinajstić information content (AvgIpc) is 2.85. The summed E-state index contributed by atoms with van der Waals surface area (Å²) in [6, 6.07) is 0. The fourth-order valence-electron chi connectivity index (χ4n) is 2.09. The normalized spacial score (nSPS) is 13.1. The second-order valence-electron chi connectivity index (χ2n) is 4.61. The number of fused-ring (bicyclic) bond motifs is 1. The first kappa shape index (κ1) is 13.9. The molecule has 2 rings (SSSR count). The van der Waals surface area contributed by atoms with Gasteiger partial charge >= 0.3 is 5.69 Å². The summed E-state index contributed by atoms with van der Waals surface area (Å²) in [7, 11) is 3.05. The highest BCUT2D eigenvalue weighted by atomic mass is 35.5. The topological polar surface area (TPSA) is 61.8 Å². The molecule has 0 aliphatic rings. The van der Waals surface area contributed by atoms with E-state index < -0.39 is 0 Å². The first-order valence-electron chi connectivity index (χ1n) is 6.25. The molecule has 7 heteroatoms. The molecule has 0 N–H and O–H groups in total. The SMILES string of the molecule is CCCCC(Cl)n1cnc2c1c(=O)n(C)c(=O)n2C. The summed E-state index contributed by atoms with van der Waals surface area (Å²) in [6.07, 6.45) is 4.29. The smallest absolute Gasteiger partial charge is 0.307 e. The fourth-order valence-corrected chi connectivity index (χ4v) is 2.39. The van der Waals surface area contributed by atoms with E-state index in [1.165, 1.54) is 17.9 Å². The van der Waals surface area contributed by atoms with Crippen LogP contribution in [0.5, 0.6) is 0 Å². The minimum absolute atomic E-state index is 0.324. The highest BCUT2D eigenvalue weighted by molar-refractivity contribution is 6.19. The zero-order chi connectivity index (χ0) is 14.2. The number of halogens is 1. The largest absolute Gasteiger partial charge is 0.332 e.